The monoisotopic (exact) mass is 695 g/mol. The van der Waals surface area contributed by atoms with Gasteiger partial charge in [0.15, 0.2) is 0 Å². The Kier molecular flexibility index (Phi) is 9.00. The summed E-state index contributed by atoms with van der Waals surface area (Å²) in [4.78, 5) is 37.1. The number of nitrogens with one attached hydrogen (secondary N) is 1. The second-order valence-electron chi connectivity index (χ2n) is 14.7. The van der Waals surface area contributed by atoms with Crippen LogP contribution in [0.4, 0.5) is 11.8 Å². The van der Waals surface area contributed by atoms with E-state index in [2.05, 4.69) is 45.5 Å². The topological polar surface area (TPSA) is 131 Å². The van der Waals surface area contributed by atoms with Gasteiger partial charge < -0.3 is 14.5 Å². The Morgan fingerprint density at radius 2 is 1.76 bits per heavy atom. The predicted octanol–water partition coefficient (Wildman–Crippen LogP) is 6.57. The summed E-state index contributed by atoms with van der Waals surface area (Å²) in [5, 5.41) is 0. The fourth-order valence-electron chi connectivity index (χ4n) is 7.24. The van der Waals surface area contributed by atoms with Crippen LogP contribution in [-0.4, -0.2) is 64.9 Å². The number of rotatable bonds is 8. The van der Waals surface area contributed by atoms with Gasteiger partial charge in [-0.25, -0.2) is 23.1 Å². The third-order valence-corrected chi connectivity index (χ3v) is 11.8. The minimum absolute atomic E-state index is 0.0674. The summed E-state index contributed by atoms with van der Waals surface area (Å²) >= 11 is 0. The van der Waals surface area contributed by atoms with Crippen molar-refractivity contribution in [1.29, 1.82) is 0 Å². The summed E-state index contributed by atoms with van der Waals surface area (Å²) in [6.45, 7) is 8.57. The standard InChI is InChI=1S/C38H45N7O4S/c1-24(2)12-13-29-23-49-34-17-32(35-25(3)8-6-9-26(35)4)41-37(42-34)43-50(47,48)31-11-7-10-27(16-31)36(46)45(29)22-28-20-39-21-33(40-28)44(5)30-18-38(19-30)14-15-38/h6-11,16-17,20-21,24,29-30H,12-15,18-19,22-23H2,1-5H3,(H,41,42,43)/t29-/m1/s1. The lowest BCUT2D eigenvalue weighted by molar-refractivity contribution is 0.0560. The van der Waals surface area contributed by atoms with Gasteiger partial charge in [-0.1, -0.05) is 38.1 Å². The van der Waals surface area contributed by atoms with Gasteiger partial charge in [0.05, 0.1) is 41.3 Å². The molecule has 4 bridgehead atoms. The molecule has 12 heteroatoms. The molecule has 1 atom stereocenters. The quantitative estimate of drug-likeness (QED) is 0.218. The molecule has 1 spiro atoms. The third-order valence-electron chi connectivity index (χ3n) is 10.5. The largest absolute Gasteiger partial charge is 0.475 e. The molecule has 0 saturated heterocycles. The number of anilines is 2. The van der Waals surface area contributed by atoms with Gasteiger partial charge >= 0.3 is 0 Å². The summed E-state index contributed by atoms with van der Waals surface area (Å²) in [5.41, 5.74) is 4.83. The Morgan fingerprint density at radius 3 is 2.48 bits per heavy atom. The van der Waals surface area contributed by atoms with Gasteiger partial charge in [0.2, 0.25) is 11.8 Å². The molecule has 3 heterocycles. The first-order valence-corrected chi connectivity index (χ1v) is 18.9. The van der Waals surface area contributed by atoms with Crippen LogP contribution < -0.4 is 14.4 Å². The van der Waals surface area contributed by atoms with E-state index in [1.165, 1.54) is 37.8 Å². The van der Waals surface area contributed by atoms with Gasteiger partial charge in [-0.15, -0.1) is 0 Å². The van der Waals surface area contributed by atoms with E-state index in [0.717, 1.165) is 28.9 Å². The number of fused-ring (bicyclic) bond motifs is 4. The van der Waals surface area contributed by atoms with Crippen molar-refractivity contribution in [3.05, 3.63) is 83.3 Å². The lowest BCUT2D eigenvalue weighted by Crippen LogP contribution is -2.45. The second kappa shape index (κ2) is 13.3. The van der Waals surface area contributed by atoms with Crippen LogP contribution in [0.5, 0.6) is 5.88 Å². The van der Waals surface area contributed by atoms with E-state index in [4.69, 9.17) is 9.72 Å². The van der Waals surface area contributed by atoms with Crippen molar-refractivity contribution >= 4 is 27.7 Å². The number of ether oxygens (including phenoxy) is 1. The Morgan fingerprint density at radius 1 is 1.02 bits per heavy atom. The molecule has 1 N–H and O–H groups in total. The van der Waals surface area contributed by atoms with Crippen molar-refractivity contribution in [2.45, 2.75) is 89.7 Å². The summed E-state index contributed by atoms with van der Waals surface area (Å²) in [6, 6.07) is 13.8. The van der Waals surface area contributed by atoms with Crippen LogP contribution >= 0.6 is 0 Å². The fraction of sp³-hybridized carbons (Fsp3) is 0.447. The third kappa shape index (κ3) is 7.03. The maximum Gasteiger partial charge on any atom is 0.264 e. The van der Waals surface area contributed by atoms with Crippen molar-refractivity contribution in [1.82, 2.24) is 24.8 Å². The number of carbonyl (C=O) groups is 1. The molecule has 0 unspecified atom stereocenters. The minimum atomic E-state index is -4.17. The molecule has 1 amide bonds. The number of carbonyl (C=O) groups excluding carboxylic acids is 1. The zero-order valence-corrected chi connectivity index (χ0v) is 30.2. The molecule has 50 heavy (non-hydrogen) atoms. The lowest BCUT2D eigenvalue weighted by Gasteiger charge is -2.42. The van der Waals surface area contributed by atoms with Gasteiger partial charge in [-0.05, 0) is 93.0 Å². The highest BCUT2D eigenvalue weighted by Gasteiger charge is 2.54. The molecule has 2 saturated carbocycles. The molecule has 3 aliphatic rings. The van der Waals surface area contributed by atoms with E-state index in [1.807, 2.05) is 32.0 Å². The molecular weight excluding hydrogens is 651 g/mol. The Labute approximate surface area is 294 Å². The van der Waals surface area contributed by atoms with Crippen LogP contribution in [0.15, 0.2) is 65.8 Å². The molecule has 1 aliphatic heterocycles. The van der Waals surface area contributed by atoms with Crippen molar-refractivity contribution in [3.8, 4) is 17.1 Å². The van der Waals surface area contributed by atoms with Crippen LogP contribution in [-0.2, 0) is 16.6 Å². The van der Waals surface area contributed by atoms with E-state index in [9.17, 15) is 13.2 Å². The van der Waals surface area contributed by atoms with Crippen LogP contribution in [0.25, 0.3) is 11.3 Å². The molecular formula is C38H45N7O4S. The zero-order valence-electron chi connectivity index (χ0n) is 29.4. The van der Waals surface area contributed by atoms with E-state index in [0.29, 0.717) is 35.2 Å². The smallest absolute Gasteiger partial charge is 0.264 e. The molecule has 7 rings (SSSR count). The van der Waals surface area contributed by atoms with Crippen LogP contribution in [0.3, 0.4) is 0 Å². The summed E-state index contributed by atoms with van der Waals surface area (Å²) in [6.07, 6.45) is 9.98. The predicted molar refractivity (Wildman–Crippen MR) is 193 cm³/mol. The maximum atomic E-state index is 14.5. The molecule has 2 aromatic heterocycles. The number of nitrogens with zero attached hydrogens (tertiary/aromatic N) is 6. The van der Waals surface area contributed by atoms with Crippen molar-refractivity contribution in [2.24, 2.45) is 11.3 Å². The lowest BCUT2D eigenvalue weighted by atomic mass is 9.76. The van der Waals surface area contributed by atoms with Crippen molar-refractivity contribution in [2.75, 3.05) is 23.3 Å². The van der Waals surface area contributed by atoms with Crippen molar-refractivity contribution < 1.29 is 17.9 Å². The van der Waals surface area contributed by atoms with Gasteiger partial charge in [0, 0.05) is 30.3 Å². The van der Waals surface area contributed by atoms with E-state index in [1.54, 1.807) is 35.5 Å². The normalized spacial score (nSPS) is 19.4. The summed E-state index contributed by atoms with van der Waals surface area (Å²) in [5.74, 6) is 0.943. The van der Waals surface area contributed by atoms with Gasteiger partial charge in [0.1, 0.15) is 12.4 Å². The SMILES string of the molecule is Cc1cccc(C)c1-c1cc2nc(n1)NS(=O)(=O)c1cccc(c1)C(=O)N(Cc1cncc(N(C)C3CC4(CC4)C3)n1)[C@H](CCC(C)C)CO2. The Bertz CT molecular complexity index is 2000. The van der Waals surface area contributed by atoms with Gasteiger partial charge in [-0.3, -0.25) is 9.78 Å². The van der Waals surface area contributed by atoms with Gasteiger partial charge in [-0.2, -0.15) is 4.98 Å². The average Bonchev–Trinajstić information content (AvgIpc) is 3.87. The van der Waals surface area contributed by atoms with Crippen LogP contribution in [0, 0.1) is 25.2 Å². The van der Waals surface area contributed by atoms with E-state index < -0.39 is 10.0 Å². The highest BCUT2D eigenvalue weighted by Crippen LogP contribution is 2.61. The number of hydrogen-bond donors (Lipinski definition) is 1. The second-order valence-corrected chi connectivity index (χ2v) is 16.4. The summed E-state index contributed by atoms with van der Waals surface area (Å²) < 4.78 is 36.4. The number of hydrogen-bond acceptors (Lipinski definition) is 9. The van der Waals surface area contributed by atoms with Gasteiger partial charge in [0.25, 0.3) is 15.9 Å². The number of sulfonamides is 1. The number of aryl methyl sites for hydroxylation is 2. The molecule has 262 valence electrons. The highest BCUT2D eigenvalue weighted by atomic mass is 32.2. The van der Waals surface area contributed by atoms with Crippen LogP contribution in [0.1, 0.15) is 79.6 Å². The fourth-order valence-corrected chi connectivity index (χ4v) is 8.23. The highest BCUT2D eigenvalue weighted by molar-refractivity contribution is 7.92. The molecule has 2 aromatic carbocycles. The van der Waals surface area contributed by atoms with Crippen LogP contribution in [0.2, 0.25) is 0 Å². The first kappa shape index (κ1) is 33.9. The summed E-state index contributed by atoms with van der Waals surface area (Å²) in [7, 11) is -2.10. The zero-order chi connectivity index (χ0) is 35.2. The minimum Gasteiger partial charge on any atom is -0.475 e. The number of aromatic nitrogens is 4. The number of amides is 1. The first-order chi connectivity index (χ1) is 23.9. The number of benzene rings is 2. The molecule has 2 aliphatic carbocycles. The van der Waals surface area contributed by atoms with Crippen molar-refractivity contribution in [3.63, 3.8) is 0 Å². The Balaban J connectivity index is 1.28. The average molecular weight is 696 g/mol. The molecule has 0 radical (unpaired) electrons. The maximum absolute atomic E-state index is 14.5. The molecule has 2 fully saturated rings. The van der Waals surface area contributed by atoms with E-state index >= 15 is 0 Å². The molecule has 11 nitrogen and oxygen atoms in total. The van der Waals surface area contributed by atoms with E-state index in [-0.39, 0.29) is 47.4 Å². The Hall–Kier alpha value is -4.58. The first-order valence-electron chi connectivity index (χ1n) is 17.5. The molecule has 4 aromatic rings.